The van der Waals surface area contributed by atoms with Crippen LogP contribution in [-0.4, -0.2) is 48.3 Å². The number of nitrogens with zero attached hydrogens (tertiary/aromatic N) is 2. The van der Waals surface area contributed by atoms with Gasteiger partial charge in [-0.15, -0.1) is 0 Å². The molecule has 2 aliphatic heterocycles. The van der Waals surface area contributed by atoms with E-state index in [0.29, 0.717) is 30.9 Å². The number of carbonyl (C=O) groups is 4. The Kier molecular flexibility index (Phi) is 5.88. The van der Waals surface area contributed by atoms with Crippen LogP contribution in [0.15, 0.2) is 24.3 Å². The number of anilines is 1. The van der Waals surface area contributed by atoms with Crippen LogP contribution in [0.3, 0.4) is 0 Å². The average molecular weight is 412 g/mol. The Balaban J connectivity index is 1.46. The second-order valence-electron chi connectivity index (χ2n) is 8.40. The molecule has 160 valence electrons. The Morgan fingerprint density at radius 3 is 2.20 bits per heavy atom. The van der Waals surface area contributed by atoms with Crippen molar-refractivity contribution in [3.8, 4) is 0 Å². The molecule has 2 heterocycles. The van der Waals surface area contributed by atoms with Crippen molar-refractivity contribution < 1.29 is 23.9 Å². The minimum atomic E-state index is -0.287. The predicted octanol–water partition coefficient (Wildman–Crippen LogP) is 2.78. The summed E-state index contributed by atoms with van der Waals surface area (Å²) in [4.78, 5) is 53.4. The molecule has 3 amide bonds. The van der Waals surface area contributed by atoms with Gasteiger partial charge in [0.1, 0.15) is 0 Å². The minimum absolute atomic E-state index is 0.114. The summed E-state index contributed by atoms with van der Waals surface area (Å²) in [5, 5.41) is 0. The lowest BCUT2D eigenvalue weighted by atomic mass is 9.81. The Bertz CT molecular complexity index is 826. The van der Waals surface area contributed by atoms with Gasteiger partial charge in [0, 0.05) is 18.7 Å². The number of carbonyl (C=O) groups excluding carboxylic acids is 4. The van der Waals surface area contributed by atoms with Crippen molar-refractivity contribution in [2.45, 2.75) is 45.4 Å². The summed E-state index contributed by atoms with van der Waals surface area (Å²) in [6, 6.07) is 6.67. The Labute approximate surface area is 176 Å². The van der Waals surface area contributed by atoms with Crippen molar-refractivity contribution in [1.82, 2.24) is 4.90 Å². The molecule has 3 aliphatic rings. The standard InChI is InChI=1S/C23H28N2O5/c1-2-30-23(29)16-6-5-13-24(14-16)20(26)15-9-11-17(12-10-15)25-21(27)18-7-3-4-8-19(18)22(25)28/h9-12,16,18-19H,2-8,13-14H2,1H3/t16-,18-,19-/m1/s1. The molecule has 30 heavy (non-hydrogen) atoms. The van der Waals surface area contributed by atoms with Crippen molar-refractivity contribution in [1.29, 1.82) is 0 Å². The van der Waals surface area contributed by atoms with E-state index in [2.05, 4.69) is 0 Å². The molecular formula is C23H28N2O5. The predicted molar refractivity (Wildman–Crippen MR) is 110 cm³/mol. The van der Waals surface area contributed by atoms with E-state index in [0.717, 1.165) is 38.5 Å². The maximum absolute atomic E-state index is 12.9. The number of hydrogen-bond acceptors (Lipinski definition) is 5. The van der Waals surface area contributed by atoms with E-state index in [1.807, 2.05) is 0 Å². The first-order valence-electron chi connectivity index (χ1n) is 10.9. The number of piperidine rings is 1. The zero-order valence-electron chi connectivity index (χ0n) is 17.3. The van der Waals surface area contributed by atoms with E-state index in [9.17, 15) is 19.2 Å². The van der Waals surface area contributed by atoms with E-state index >= 15 is 0 Å². The quantitative estimate of drug-likeness (QED) is 0.561. The molecule has 0 radical (unpaired) electrons. The van der Waals surface area contributed by atoms with Crippen LogP contribution in [0, 0.1) is 17.8 Å². The monoisotopic (exact) mass is 412 g/mol. The summed E-state index contributed by atoms with van der Waals surface area (Å²) >= 11 is 0. The zero-order chi connectivity index (χ0) is 21.3. The largest absolute Gasteiger partial charge is 0.466 e. The van der Waals surface area contributed by atoms with Gasteiger partial charge in [0.25, 0.3) is 5.91 Å². The number of ether oxygens (including phenoxy) is 1. The molecular weight excluding hydrogens is 384 g/mol. The van der Waals surface area contributed by atoms with Crippen molar-refractivity contribution in [3.63, 3.8) is 0 Å². The van der Waals surface area contributed by atoms with Crippen LogP contribution in [0.2, 0.25) is 0 Å². The Morgan fingerprint density at radius 2 is 1.60 bits per heavy atom. The number of fused-ring (bicyclic) bond motifs is 1. The number of benzene rings is 1. The zero-order valence-corrected chi connectivity index (χ0v) is 17.3. The third-order valence-electron chi connectivity index (χ3n) is 6.54. The van der Waals surface area contributed by atoms with E-state index in [1.54, 1.807) is 36.1 Å². The van der Waals surface area contributed by atoms with Crippen molar-refractivity contribution in [2.24, 2.45) is 17.8 Å². The molecule has 0 bridgehead atoms. The first-order valence-corrected chi connectivity index (χ1v) is 10.9. The highest BCUT2D eigenvalue weighted by Crippen LogP contribution is 2.40. The molecule has 2 saturated heterocycles. The van der Waals surface area contributed by atoms with E-state index in [4.69, 9.17) is 4.74 Å². The van der Waals surface area contributed by atoms with Crippen LogP contribution >= 0.6 is 0 Å². The van der Waals surface area contributed by atoms with Gasteiger partial charge >= 0.3 is 5.97 Å². The van der Waals surface area contributed by atoms with Crippen LogP contribution in [-0.2, 0) is 19.1 Å². The summed E-state index contributed by atoms with van der Waals surface area (Å²) in [6.07, 6.45) is 5.02. The lowest BCUT2D eigenvalue weighted by Crippen LogP contribution is -2.42. The van der Waals surface area contributed by atoms with E-state index in [1.165, 1.54) is 4.90 Å². The lowest BCUT2D eigenvalue weighted by molar-refractivity contribution is -0.149. The van der Waals surface area contributed by atoms with Crippen LogP contribution in [0.1, 0.15) is 55.8 Å². The number of imide groups is 1. The maximum atomic E-state index is 12.9. The number of rotatable bonds is 4. The lowest BCUT2D eigenvalue weighted by Gasteiger charge is -2.31. The molecule has 1 aliphatic carbocycles. The number of hydrogen-bond donors (Lipinski definition) is 0. The van der Waals surface area contributed by atoms with Crippen LogP contribution in [0.4, 0.5) is 5.69 Å². The molecule has 1 aromatic carbocycles. The second kappa shape index (κ2) is 8.58. The van der Waals surface area contributed by atoms with Gasteiger partial charge in [0.05, 0.1) is 30.0 Å². The highest BCUT2D eigenvalue weighted by atomic mass is 16.5. The summed E-state index contributed by atoms with van der Waals surface area (Å²) in [7, 11) is 0. The molecule has 0 unspecified atom stereocenters. The third kappa shape index (κ3) is 3.73. The fourth-order valence-corrected chi connectivity index (χ4v) is 4.97. The van der Waals surface area contributed by atoms with Crippen LogP contribution in [0.25, 0.3) is 0 Å². The fourth-order valence-electron chi connectivity index (χ4n) is 4.97. The molecule has 1 aromatic rings. The normalized spacial score (nSPS) is 26.5. The van der Waals surface area contributed by atoms with Crippen LogP contribution in [0.5, 0.6) is 0 Å². The topological polar surface area (TPSA) is 84.0 Å². The van der Waals surface area contributed by atoms with Gasteiger partial charge in [-0.3, -0.25) is 24.1 Å². The van der Waals surface area contributed by atoms with Gasteiger partial charge in [0.2, 0.25) is 11.8 Å². The van der Waals surface area contributed by atoms with E-state index < -0.39 is 0 Å². The minimum Gasteiger partial charge on any atom is -0.466 e. The highest BCUT2D eigenvalue weighted by molar-refractivity contribution is 6.22. The molecule has 0 spiro atoms. The summed E-state index contributed by atoms with van der Waals surface area (Å²) in [6.45, 7) is 3.06. The van der Waals surface area contributed by atoms with Gasteiger partial charge in [0.15, 0.2) is 0 Å². The first kappa shape index (κ1) is 20.6. The molecule has 1 saturated carbocycles. The summed E-state index contributed by atoms with van der Waals surface area (Å²) in [5.74, 6) is -1.30. The maximum Gasteiger partial charge on any atom is 0.310 e. The van der Waals surface area contributed by atoms with Gasteiger partial charge < -0.3 is 9.64 Å². The Hall–Kier alpha value is -2.70. The van der Waals surface area contributed by atoms with Gasteiger partial charge in [-0.05, 0) is 56.9 Å². The summed E-state index contributed by atoms with van der Waals surface area (Å²) < 4.78 is 5.10. The SMILES string of the molecule is CCOC(=O)[C@@H]1CCCN(C(=O)c2ccc(N3C(=O)[C@@H]4CCCC[C@H]4C3=O)cc2)C1. The summed E-state index contributed by atoms with van der Waals surface area (Å²) in [5.41, 5.74) is 1.01. The molecule has 0 N–H and O–H groups in total. The van der Waals surface area contributed by atoms with Crippen LogP contribution < -0.4 is 4.90 Å². The van der Waals surface area contributed by atoms with Crippen molar-refractivity contribution in [3.05, 3.63) is 29.8 Å². The van der Waals surface area contributed by atoms with Crippen molar-refractivity contribution >= 4 is 29.4 Å². The van der Waals surface area contributed by atoms with Gasteiger partial charge in [-0.2, -0.15) is 0 Å². The Morgan fingerprint density at radius 1 is 0.967 bits per heavy atom. The first-order chi connectivity index (χ1) is 14.5. The molecule has 7 nitrogen and oxygen atoms in total. The molecule has 7 heteroatoms. The fraction of sp³-hybridized carbons (Fsp3) is 0.565. The van der Waals surface area contributed by atoms with Gasteiger partial charge in [-0.1, -0.05) is 12.8 Å². The third-order valence-corrected chi connectivity index (χ3v) is 6.54. The van der Waals surface area contributed by atoms with Gasteiger partial charge in [-0.25, -0.2) is 0 Å². The average Bonchev–Trinajstić information content (AvgIpc) is 3.04. The molecule has 4 rings (SSSR count). The number of amides is 3. The molecule has 0 aromatic heterocycles. The van der Waals surface area contributed by atoms with E-state index in [-0.39, 0.29) is 41.4 Å². The molecule has 3 atom stereocenters. The molecule has 3 fully saturated rings. The number of esters is 1. The smallest absolute Gasteiger partial charge is 0.310 e. The second-order valence-corrected chi connectivity index (χ2v) is 8.40. The highest BCUT2D eigenvalue weighted by Gasteiger charge is 2.48. The number of likely N-dealkylation sites (tertiary alicyclic amines) is 1. The van der Waals surface area contributed by atoms with Crippen molar-refractivity contribution in [2.75, 3.05) is 24.6 Å².